The fraction of sp³-hybridized carbons (Fsp3) is 0.118. The summed E-state index contributed by atoms with van der Waals surface area (Å²) in [6.45, 7) is 0. The van der Waals surface area contributed by atoms with E-state index < -0.39 is 23.6 Å². The van der Waals surface area contributed by atoms with E-state index >= 15 is 0 Å². The Kier molecular flexibility index (Phi) is 6.18. The molecule has 136 valence electrons. The normalized spacial score (nSPS) is 10.0. The maximum atomic E-state index is 13.7. The van der Waals surface area contributed by atoms with Crippen molar-refractivity contribution in [2.75, 3.05) is 24.9 Å². The highest BCUT2D eigenvalue weighted by Crippen LogP contribution is 2.19. The van der Waals surface area contributed by atoms with Crippen molar-refractivity contribution in [1.82, 2.24) is 0 Å². The van der Waals surface area contributed by atoms with Gasteiger partial charge in [0.2, 0.25) is 0 Å². The lowest BCUT2D eigenvalue weighted by Gasteiger charge is -2.13. The van der Waals surface area contributed by atoms with Gasteiger partial charge in [0.1, 0.15) is 11.6 Å². The number of halogens is 2. The van der Waals surface area contributed by atoms with Crippen molar-refractivity contribution in [2.45, 2.75) is 0 Å². The van der Waals surface area contributed by atoms with Gasteiger partial charge in [0.25, 0.3) is 0 Å². The Morgan fingerprint density at radius 3 is 2.00 bits per heavy atom. The maximum absolute atomic E-state index is 13.7. The second-order valence-electron chi connectivity index (χ2n) is 4.99. The van der Waals surface area contributed by atoms with Crippen molar-refractivity contribution < 1.29 is 27.8 Å². The summed E-state index contributed by atoms with van der Waals surface area (Å²) >= 11 is 5.07. The number of anilines is 2. The van der Waals surface area contributed by atoms with Crippen molar-refractivity contribution >= 4 is 40.6 Å². The molecule has 0 aliphatic heterocycles. The Hall–Kier alpha value is -3.07. The Balaban J connectivity index is 2.25. The van der Waals surface area contributed by atoms with Crippen LogP contribution in [0.3, 0.4) is 0 Å². The highest BCUT2D eigenvalue weighted by molar-refractivity contribution is 7.80. The lowest BCUT2D eigenvalue weighted by molar-refractivity contribution is 0.0599. The number of hydrogen-bond acceptors (Lipinski definition) is 5. The van der Waals surface area contributed by atoms with Gasteiger partial charge in [0.05, 0.1) is 31.0 Å². The largest absolute Gasteiger partial charge is 0.465 e. The van der Waals surface area contributed by atoms with Crippen LogP contribution in [0.15, 0.2) is 36.4 Å². The molecule has 0 saturated heterocycles. The van der Waals surface area contributed by atoms with E-state index in [9.17, 15) is 18.4 Å². The van der Waals surface area contributed by atoms with Crippen molar-refractivity contribution in [1.29, 1.82) is 0 Å². The van der Waals surface area contributed by atoms with E-state index in [0.717, 1.165) is 6.07 Å². The number of carbonyl (C=O) groups is 2. The molecular formula is C17H14F2N2O4S. The third kappa shape index (κ3) is 4.73. The molecule has 6 nitrogen and oxygen atoms in total. The summed E-state index contributed by atoms with van der Waals surface area (Å²) in [4.78, 5) is 23.5. The first-order valence-corrected chi connectivity index (χ1v) is 7.59. The molecule has 0 saturated carbocycles. The van der Waals surface area contributed by atoms with Gasteiger partial charge in [-0.05, 0) is 42.5 Å². The van der Waals surface area contributed by atoms with Crippen molar-refractivity contribution in [2.24, 2.45) is 0 Å². The van der Waals surface area contributed by atoms with Crippen LogP contribution < -0.4 is 10.6 Å². The lowest BCUT2D eigenvalue weighted by atomic mass is 10.1. The number of carbonyl (C=O) groups excluding carboxylic acids is 2. The second-order valence-corrected chi connectivity index (χ2v) is 5.39. The summed E-state index contributed by atoms with van der Waals surface area (Å²) in [5, 5.41) is 5.24. The average molecular weight is 380 g/mol. The predicted octanol–water partition coefficient (Wildman–Crippen LogP) is 3.35. The summed E-state index contributed by atoms with van der Waals surface area (Å²) in [6, 6.07) is 7.06. The molecule has 0 radical (unpaired) electrons. The summed E-state index contributed by atoms with van der Waals surface area (Å²) in [6.07, 6.45) is 0. The summed E-state index contributed by atoms with van der Waals surface area (Å²) in [5.74, 6) is -2.88. The average Bonchev–Trinajstić information content (AvgIpc) is 2.62. The van der Waals surface area contributed by atoms with E-state index in [2.05, 4.69) is 20.1 Å². The number of hydrogen-bond donors (Lipinski definition) is 2. The van der Waals surface area contributed by atoms with E-state index in [1.807, 2.05) is 0 Å². The molecule has 0 atom stereocenters. The maximum Gasteiger partial charge on any atom is 0.337 e. The zero-order valence-corrected chi connectivity index (χ0v) is 14.6. The molecule has 9 heteroatoms. The van der Waals surface area contributed by atoms with Crippen molar-refractivity contribution in [3.63, 3.8) is 0 Å². The highest BCUT2D eigenvalue weighted by atomic mass is 32.1. The Morgan fingerprint density at radius 1 is 0.923 bits per heavy atom. The van der Waals surface area contributed by atoms with Gasteiger partial charge < -0.3 is 20.1 Å². The number of thiocarbonyl (C=S) groups is 1. The minimum Gasteiger partial charge on any atom is -0.465 e. The lowest BCUT2D eigenvalue weighted by Crippen LogP contribution is -2.20. The molecule has 2 aromatic rings. The second kappa shape index (κ2) is 8.34. The van der Waals surface area contributed by atoms with E-state index in [1.165, 1.54) is 38.5 Å². The minimum absolute atomic E-state index is 0.0339. The molecule has 0 aliphatic rings. The number of ether oxygens (including phenoxy) is 2. The van der Waals surface area contributed by atoms with E-state index in [4.69, 9.17) is 12.2 Å². The SMILES string of the molecule is COC(=O)c1cc(NC(=S)Nc2ccc(F)cc2F)cc(C(=O)OC)c1. The molecule has 2 aromatic carbocycles. The fourth-order valence-corrected chi connectivity index (χ4v) is 2.27. The molecule has 2 rings (SSSR count). The number of benzene rings is 2. The number of nitrogens with one attached hydrogen (secondary N) is 2. The van der Waals surface area contributed by atoms with Crippen LogP contribution in [-0.2, 0) is 9.47 Å². The zero-order chi connectivity index (χ0) is 19.3. The molecule has 0 spiro atoms. The molecule has 0 heterocycles. The van der Waals surface area contributed by atoms with Gasteiger partial charge in [-0.25, -0.2) is 18.4 Å². The first kappa shape index (κ1) is 19.3. The minimum atomic E-state index is -0.826. The summed E-state index contributed by atoms with van der Waals surface area (Å²) in [5.41, 5.74) is 0.414. The highest BCUT2D eigenvalue weighted by Gasteiger charge is 2.14. The van der Waals surface area contributed by atoms with Crippen LogP contribution in [0.4, 0.5) is 20.2 Å². The molecule has 0 aliphatic carbocycles. The molecule has 0 amide bonds. The topological polar surface area (TPSA) is 76.7 Å². The molecule has 26 heavy (non-hydrogen) atoms. The van der Waals surface area contributed by atoms with Gasteiger partial charge in [-0.3, -0.25) is 0 Å². The van der Waals surface area contributed by atoms with Gasteiger partial charge in [-0.1, -0.05) is 0 Å². The molecule has 0 unspecified atom stereocenters. The van der Waals surface area contributed by atoms with E-state index in [0.29, 0.717) is 6.07 Å². The van der Waals surface area contributed by atoms with Gasteiger partial charge in [0, 0.05) is 11.8 Å². The Morgan fingerprint density at radius 2 is 1.50 bits per heavy atom. The molecule has 0 fully saturated rings. The monoisotopic (exact) mass is 380 g/mol. The van der Waals surface area contributed by atoms with E-state index in [-0.39, 0.29) is 27.6 Å². The van der Waals surface area contributed by atoms with Gasteiger partial charge in [0.15, 0.2) is 5.11 Å². The van der Waals surface area contributed by atoms with Gasteiger partial charge in [-0.15, -0.1) is 0 Å². The molecule has 0 bridgehead atoms. The first-order chi connectivity index (χ1) is 12.3. The van der Waals surface area contributed by atoms with Crippen LogP contribution in [-0.4, -0.2) is 31.3 Å². The van der Waals surface area contributed by atoms with Crippen LogP contribution in [0, 0.1) is 11.6 Å². The van der Waals surface area contributed by atoms with Crippen LogP contribution in [0.5, 0.6) is 0 Å². The van der Waals surface area contributed by atoms with Gasteiger partial charge in [-0.2, -0.15) is 0 Å². The van der Waals surface area contributed by atoms with Crippen LogP contribution in [0.1, 0.15) is 20.7 Å². The Labute approximate surface area is 153 Å². The van der Waals surface area contributed by atoms with E-state index in [1.54, 1.807) is 0 Å². The zero-order valence-electron chi connectivity index (χ0n) is 13.8. The Bertz CT molecular complexity index is 840. The summed E-state index contributed by atoms with van der Waals surface area (Å²) < 4.78 is 35.9. The predicted molar refractivity (Wildman–Crippen MR) is 95.3 cm³/mol. The smallest absolute Gasteiger partial charge is 0.337 e. The third-order valence-corrected chi connectivity index (χ3v) is 3.42. The number of esters is 2. The van der Waals surface area contributed by atoms with Crippen LogP contribution in [0.25, 0.3) is 0 Å². The van der Waals surface area contributed by atoms with Crippen molar-refractivity contribution in [3.05, 3.63) is 59.2 Å². The molecule has 2 N–H and O–H groups in total. The summed E-state index contributed by atoms with van der Waals surface area (Å²) in [7, 11) is 2.40. The first-order valence-electron chi connectivity index (χ1n) is 7.19. The molecular weight excluding hydrogens is 366 g/mol. The number of methoxy groups -OCH3 is 2. The molecule has 0 aromatic heterocycles. The fourth-order valence-electron chi connectivity index (χ4n) is 2.05. The quantitative estimate of drug-likeness (QED) is 0.622. The standard InChI is InChI=1S/C17H14F2N2O4S/c1-24-15(22)9-5-10(16(23)25-2)7-12(6-9)20-17(26)21-14-4-3-11(18)8-13(14)19/h3-8H,1-2H3,(H2,20,21,26). The van der Waals surface area contributed by atoms with Crippen LogP contribution >= 0.6 is 12.2 Å². The number of rotatable bonds is 4. The van der Waals surface area contributed by atoms with Crippen LogP contribution in [0.2, 0.25) is 0 Å². The van der Waals surface area contributed by atoms with Crippen molar-refractivity contribution in [3.8, 4) is 0 Å². The third-order valence-electron chi connectivity index (χ3n) is 3.21. The van der Waals surface area contributed by atoms with Gasteiger partial charge >= 0.3 is 11.9 Å².